The van der Waals surface area contributed by atoms with Crippen LogP contribution >= 0.6 is 0 Å². The fourth-order valence-electron chi connectivity index (χ4n) is 2.78. The maximum Gasteiger partial charge on any atom is 0.121 e. The first-order valence-electron chi connectivity index (χ1n) is 7.08. The molecule has 19 heavy (non-hydrogen) atoms. The van der Waals surface area contributed by atoms with Gasteiger partial charge in [-0.15, -0.1) is 0 Å². The summed E-state index contributed by atoms with van der Waals surface area (Å²) in [5, 5.41) is 0. The van der Waals surface area contributed by atoms with Crippen LogP contribution in [0.4, 0.5) is 0 Å². The van der Waals surface area contributed by atoms with Gasteiger partial charge >= 0.3 is 0 Å². The lowest BCUT2D eigenvalue weighted by Gasteiger charge is -2.26. The molecule has 0 saturated carbocycles. The lowest BCUT2D eigenvalue weighted by atomic mass is 10.1. The van der Waals surface area contributed by atoms with Crippen molar-refractivity contribution in [1.82, 2.24) is 14.5 Å². The topological polar surface area (TPSA) is 30.3 Å². The maximum absolute atomic E-state index is 5.23. The van der Waals surface area contributed by atoms with Gasteiger partial charge in [0.1, 0.15) is 5.75 Å². The van der Waals surface area contributed by atoms with Crippen molar-refractivity contribution in [2.45, 2.75) is 25.8 Å². The minimum Gasteiger partial charge on any atom is -0.497 e. The van der Waals surface area contributed by atoms with Gasteiger partial charge in [-0.05, 0) is 38.1 Å². The van der Waals surface area contributed by atoms with Crippen molar-refractivity contribution in [3.05, 3.63) is 24.5 Å². The van der Waals surface area contributed by atoms with E-state index < -0.39 is 0 Å². The number of imidazole rings is 1. The van der Waals surface area contributed by atoms with Crippen molar-refractivity contribution in [2.75, 3.05) is 26.7 Å². The second kappa shape index (κ2) is 5.61. The van der Waals surface area contributed by atoms with Gasteiger partial charge < -0.3 is 14.2 Å². The Labute approximate surface area is 114 Å². The zero-order valence-electron chi connectivity index (χ0n) is 11.5. The van der Waals surface area contributed by atoms with E-state index >= 15 is 0 Å². The Hall–Kier alpha value is -1.55. The summed E-state index contributed by atoms with van der Waals surface area (Å²) < 4.78 is 7.47. The zero-order chi connectivity index (χ0) is 13.1. The number of ether oxygens (including phenoxy) is 1. The van der Waals surface area contributed by atoms with Crippen LogP contribution in [-0.2, 0) is 6.54 Å². The average molecular weight is 259 g/mol. The second-order valence-electron chi connectivity index (χ2n) is 5.19. The van der Waals surface area contributed by atoms with E-state index in [4.69, 9.17) is 4.74 Å². The summed E-state index contributed by atoms with van der Waals surface area (Å²) in [6.45, 7) is 4.64. The fraction of sp³-hybridized carbons (Fsp3) is 0.533. The summed E-state index contributed by atoms with van der Waals surface area (Å²) in [7, 11) is 1.69. The molecule has 0 amide bonds. The van der Waals surface area contributed by atoms with E-state index in [1.807, 2.05) is 18.5 Å². The van der Waals surface area contributed by atoms with E-state index in [1.165, 1.54) is 37.9 Å². The molecule has 1 aliphatic rings. The van der Waals surface area contributed by atoms with Crippen LogP contribution in [0.2, 0.25) is 0 Å². The molecule has 0 aliphatic carbocycles. The number of methoxy groups -OCH3 is 1. The van der Waals surface area contributed by atoms with Gasteiger partial charge in [-0.2, -0.15) is 0 Å². The molecule has 1 aliphatic heterocycles. The zero-order valence-corrected chi connectivity index (χ0v) is 11.5. The molecular formula is C15H21N3O. The van der Waals surface area contributed by atoms with E-state index in [9.17, 15) is 0 Å². The summed E-state index contributed by atoms with van der Waals surface area (Å²) >= 11 is 0. The number of aromatic nitrogens is 2. The number of nitrogens with zero attached hydrogens (tertiary/aromatic N) is 3. The van der Waals surface area contributed by atoms with Crippen molar-refractivity contribution in [3.8, 4) is 5.75 Å². The lowest BCUT2D eigenvalue weighted by molar-refractivity contribution is 0.221. The van der Waals surface area contributed by atoms with Gasteiger partial charge in [0.15, 0.2) is 0 Å². The fourth-order valence-corrected chi connectivity index (χ4v) is 2.78. The molecule has 2 heterocycles. The van der Waals surface area contributed by atoms with Crippen molar-refractivity contribution in [1.29, 1.82) is 0 Å². The molecule has 102 valence electrons. The Morgan fingerprint density at radius 3 is 2.79 bits per heavy atom. The third kappa shape index (κ3) is 2.73. The minimum atomic E-state index is 0.869. The van der Waals surface area contributed by atoms with Crippen LogP contribution in [-0.4, -0.2) is 41.2 Å². The smallest absolute Gasteiger partial charge is 0.121 e. The Morgan fingerprint density at radius 1 is 1.16 bits per heavy atom. The van der Waals surface area contributed by atoms with Gasteiger partial charge in [0.2, 0.25) is 0 Å². The van der Waals surface area contributed by atoms with E-state index in [2.05, 4.69) is 20.5 Å². The van der Waals surface area contributed by atoms with Crippen LogP contribution in [0.15, 0.2) is 24.5 Å². The minimum absolute atomic E-state index is 0.869. The molecular weight excluding hydrogens is 238 g/mol. The van der Waals surface area contributed by atoms with Crippen molar-refractivity contribution < 1.29 is 4.74 Å². The maximum atomic E-state index is 5.23. The molecule has 1 saturated heterocycles. The normalized spacial score (nSPS) is 16.9. The molecule has 0 bridgehead atoms. The lowest BCUT2D eigenvalue weighted by Crippen LogP contribution is -2.32. The number of hydrogen-bond acceptors (Lipinski definition) is 3. The summed E-state index contributed by atoms with van der Waals surface area (Å²) in [4.78, 5) is 7.01. The number of fused-ring (bicyclic) bond motifs is 1. The number of rotatable bonds is 4. The van der Waals surface area contributed by atoms with Crippen LogP contribution in [0, 0.1) is 0 Å². The van der Waals surface area contributed by atoms with Gasteiger partial charge in [-0.25, -0.2) is 4.98 Å². The number of likely N-dealkylation sites (tertiary alicyclic amines) is 1. The van der Waals surface area contributed by atoms with Crippen molar-refractivity contribution >= 4 is 11.0 Å². The van der Waals surface area contributed by atoms with Gasteiger partial charge in [-0.1, -0.05) is 6.42 Å². The number of piperidine rings is 1. The molecule has 3 rings (SSSR count). The first-order valence-corrected chi connectivity index (χ1v) is 7.08. The molecule has 4 nitrogen and oxygen atoms in total. The predicted molar refractivity (Wildman–Crippen MR) is 76.6 cm³/mol. The van der Waals surface area contributed by atoms with Crippen molar-refractivity contribution in [3.63, 3.8) is 0 Å². The van der Waals surface area contributed by atoms with Gasteiger partial charge in [-0.3, -0.25) is 0 Å². The molecule has 1 aromatic heterocycles. The summed E-state index contributed by atoms with van der Waals surface area (Å²) in [6.07, 6.45) is 6.03. The molecule has 0 atom stereocenters. The van der Waals surface area contributed by atoms with E-state index in [-0.39, 0.29) is 0 Å². The molecule has 0 spiro atoms. The van der Waals surface area contributed by atoms with Crippen LogP contribution in [0.1, 0.15) is 19.3 Å². The molecule has 1 fully saturated rings. The third-order valence-electron chi connectivity index (χ3n) is 3.93. The molecule has 1 aromatic carbocycles. The second-order valence-corrected chi connectivity index (χ2v) is 5.19. The highest BCUT2D eigenvalue weighted by Gasteiger charge is 2.10. The molecule has 0 unspecified atom stereocenters. The van der Waals surface area contributed by atoms with Crippen LogP contribution in [0.25, 0.3) is 11.0 Å². The average Bonchev–Trinajstić information content (AvgIpc) is 2.88. The molecule has 4 heteroatoms. The quantitative estimate of drug-likeness (QED) is 0.845. The highest BCUT2D eigenvalue weighted by atomic mass is 16.5. The molecule has 0 radical (unpaired) electrons. The molecule has 2 aromatic rings. The Kier molecular flexibility index (Phi) is 3.69. The third-order valence-corrected chi connectivity index (χ3v) is 3.93. The molecule has 0 N–H and O–H groups in total. The largest absolute Gasteiger partial charge is 0.497 e. The highest BCUT2D eigenvalue weighted by Crippen LogP contribution is 2.19. The summed E-state index contributed by atoms with van der Waals surface area (Å²) in [5.74, 6) is 0.869. The predicted octanol–water partition coefficient (Wildman–Crippen LogP) is 2.53. The Balaban J connectivity index is 1.70. The Bertz CT molecular complexity index is 543. The van der Waals surface area contributed by atoms with E-state index in [0.717, 1.165) is 24.4 Å². The Morgan fingerprint density at radius 2 is 2.00 bits per heavy atom. The highest BCUT2D eigenvalue weighted by molar-refractivity contribution is 5.76. The number of hydrogen-bond donors (Lipinski definition) is 0. The van der Waals surface area contributed by atoms with Crippen LogP contribution in [0.3, 0.4) is 0 Å². The van der Waals surface area contributed by atoms with Crippen molar-refractivity contribution in [2.24, 2.45) is 0 Å². The van der Waals surface area contributed by atoms with E-state index in [1.54, 1.807) is 7.11 Å². The van der Waals surface area contributed by atoms with E-state index in [0.29, 0.717) is 0 Å². The summed E-state index contributed by atoms with van der Waals surface area (Å²) in [5.41, 5.74) is 2.20. The number of benzene rings is 1. The SMILES string of the molecule is COc1ccc2c(c1)ncn2CCN1CCCCC1. The monoisotopic (exact) mass is 259 g/mol. The first kappa shape index (κ1) is 12.5. The summed E-state index contributed by atoms with van der Waals surface area (Å²) in [6, 6.07) is 6.09. The van der Waals surface area contributed by atoms with Crippen LogP contribution < -0.4 is 4.74 Å². The standard InChI is InChI=1S/C15H21N3O/c1-19-13-5-6-15-14(11-13)16-12-18(15)10-9-17-7-3-2-4-8-17/h5-6,11-12H,2-4,7-10H2,1H3. The van der Waals surface area contributed by atoms with Gasteiger partial charge in [0, 0.05) is 19.2 Å². The van der Waals surface area contributed by atoms with Gasteiger partial charge in [0.05, 0.1) is 24.5 Å². The van der Waals surface area contributed by atoms with Gasteiger partial charge in [0.25, 0.3) is 0 Å². The van der Waals surface area contributed by atoms with Crippen LogP contribution in [0.5, 0.6) is 5.75 Å². The first-order chi connectivity index (χ1) is 9.36.